The van der Waals surface area contributed by atoms with E-state index in [-0.39, 0.29) is 12.2 Å². The first-order valence-electron chi connectivity index (χ1n) is 12.8. The fourth-order valence-corrected chi connectivity index (χ4v) is 4.18. The van der Waals surface area contributed by atoms with E-state index < -0.39 is 12.0 Å². The highest BCUT2D eigenvalue weighted by atomic mass is 16.5. The molecule has 1 unspecified atom stereocenters. The number of hydrogen-bond donors (Lipinski definition) is 2. The van der Waals surface area contributed by atoms with Gasteiger partial charge in [0.25, 0.3) is 0 Å². The average molecular weight is 525 g/mol. The number of nitrogens with zero attached hydrogens (tertiary/aromatic N) is 1. The summed E-state index contributed by atoms with van der Waals surface area (Å²) in [6, 6.07) is 23.5. The summed E-state index contributed by atoms with van der Waals surface area (Å²) in [5, 5.41) is 12.7. The number of nitrogens with one attached hydrogen (secondary N) is 1. The second kappa shape index (κ2) is 12.7. The van der Waals surface area contributed by atoms with E-state index in [0.29, 0.717) is 35.9 Å². The maximum atomic E-state index is 12.5. The van der Waals surface area contributed by atoms with Crippen molar-refractivity contribution in [2.24, 2.45) is 0 Å². The molecule has 0 aliphatic rings. The van der Waals surface area contributed by atoms with Crippen molar-refractivity contribution in [1.82, 2.24) is 10.3 Å². The van der Waals surface area contributed by atoms with Gasteiger partial charge in [-0.25, -0.2) is 9.78 Å². The number of aryl methyl sites for hydroxylation is 2. The average Bonchev–Trinajstić information content (AvgIpc) is 3.30. The zero-order chi connectivity index (χ0) is 27.8. The summed E-state index contributed by atoms with van der Waals surface area (Å²) in [4.78, 5) is 29.0. The number of carboxylic acid groups (broad SMARTS) is 1. The van der Waals surface area contributed by atoms with Crippen LogP contribution in [-0.2, 0) is 17.6 Å². The van der Waals surface area contributed by atoms with Gasteiger partial charge >= 0.3 is 5.97 Å². The normalized spacial score (nSPS) is 12.1. The van der Waals surface area contributed by atoms with E-state index in [9.17, 15) is 14.7 Å². The van der Waals surface area contributed by atoms with Gasteiger partial charge in [-0.2, -0.15) is 0 Å². The topological polar surface area (TPSA) is 102 Å². The molecule has 0 spiro atoms. The minimum absolute atomic E-state index is 0.175. The van der Waals surface area contributed by atoms with E-state index in [2.05, 4.69) is 10.3 Å². The molecule has 7 heteroatoms. The Hall–Kier alpha value is -4.65. The molecule has 4 aromatic rings. The fourth-order valence-electron chi connectivity index (χ4n) is 4.18. The second-order valence-corrected chi connectivity index (χ2v) is 9.43. The largest absolute Gasteiger partial charge is 0.493 e. The number of oxazole rings is 1. The highest BCUT2D eigenvalue weighted by molar-refractivity contribution is 6.05. The number of aliphatic carboxylic acids is 1. The molecule has 3 aromatic carbocycles. The van der Waals surface area contributed by atoms with Crippen molar-refractivity contribution in [3.05, 3.63) is 119 Å². The van der Waals surface area contributed by atoms with Gasteiger partial charge in [0, 0.05) is 35.7 Å². The molecule has 1 aromatic heterocycles. The van der Waals surface area contributed by atoms with Crippen LogP contribution in [0.3, 0.4) is 0 Å². The van der Waals surface area contributed by atoms with Gasteiger partial charge in [0.2, 0.25) is 5.89 Å². The lowest BCUT2D eigenvalue weighted by atomic mass is 10.0. The first kappa shape index (κ1) is 27.4. The summed E-state index contributed by atoms with van der Waals surface area (Å²) in [6.45, 7) is 5.94. The van der Waals surface area contributed by atoms with Crippen LogP contribution in [0.5, 0.6) is 5.75 Å². The van der Waals surface area contributed by atoms with Gasteiger partial charge in [0.05, 0.1) is 12.3 Å². The van der Waals surface area contributed by atoms with Crippen LogP contribution in [0.2, 0.25) is 0 Å². The van der Waals surface area contributed by atoms with Crippen LogP contribution < -0.4 is 10.1 Å². The summed E-state index contributed by atoms with van der Waals surface area (Å²) in [5.41, 5.74) is 4.66. The van der Waals surface area contributed by atoms with E-state index in [0.717, 1.165) is 28.1 Å². The first-order valence-corrected chi connectivity index (χ1v) is 12.8. The Morgan fingerprint density at radius 2 is 1.77 bits per heavy atom. The Bertz CT molecular complexity index is 1460. The lowest BCUT2D eigenvalue weighted by Crippen LogP contribution is -2.37. The van der Waals surface area contributed by atoms with Crippen LogP contribution in [-0.4, -0.2) is 34.5 Å². The number of carbonyl (C=O) groups is 2. The Morgan fingerprint density at radius 1 is 1.03 bits per heavy atom. The van der Waals surface area contributed by atoms with E-state index in [1.165, 1.54) is 6.08 Å². The molecule has 7 nitrogen and oxygen atoms in total. The molecule has 0 amide bonds. The molecule has 4 rings (SSSR count). The summed E-state index contributed by atoms with van der Waals surface area (Å²) < 4.78 is 11.7. The van der Waals surface area contributed by atoms with Gasteiger partial charge in [-0.15, -0.1) is 0 Å². The highest BCUT2D eigenvalue weighted by Crippen LogP contribution is 2.22. The number of benzene rings is 3. The van der Waals surface area contributed by atoms with Crippen LogP contribution in [0.15, 0.2) is 95.1 Å². The quantitative estimate of drug-likeness (QED) is 0.174. The third-order valence-corrected chi connectivity index (χ3v) is 6.23. The van der Waals surface area contributed by atoms with Crippen LogP contribution in [0.4, 0.5) is 0 Å². The van der Waals surface area contributed by atoms with Gasteiger partial charge in [0.15, 0.2) is 5.78 Å². The third-order valence-electron chi connectivity index (χ3n) is 6.23. The zero-order valence-corrected chi connectivity index (χ0v) is 22.3. The van der Waals surface area contributed by atoms with Gasteiger partial charge in [-0.05, 0) is 56.7 Å². The van der Waals surface area contributed by atoms with Gasteiger partial charge in [-0.3, -0.25) is 4.79 Å². The predicted molar refractivity (Wildman–Crippen MR) is 150 cm³/mol. The summed E-state index contributed by atoms with van der Waals surface area (Å²) in [6.07, 6.45) is 2.28. The number of carboxylic acids is 1. The van der Waals surface area contributed by atoms with Crippen molar-refractivity contribution in [3.8, 4) is 17.2 Å². The number of rotatable bonds is 12. The van der Waals surface area contributed by atoms with Crippen molar-refractivity contribution in [1.29, 1.82) is 0 Å². The van der Waals surface area contributed by atoms with Gasteiger partial charge in [0.1, 0.15) is 17.6 Å². The molecule has 0 saturated carbocycles. The molecule has 0 saturated heterocycles. The molecular weight excluding hydrogens is 492 g/mol. The number of ketones is 1. The molecule has 0 radical (unpaired) electrons. The summed E-state index contributed by atoms with van der Waals surface area (Å²) in [7, 11) is 0. The number of allylic oxidation sites excluding steroid dienone is 2. The van der Waals surface area contributed by atoms with Crippen LogP contribution in [0.25, 0.3) is 11.5 Å². The number of ether oxygens (including phenoxy) is 1. The number of aromatic nitrogens is 1. The Morgan fingerprint density at radius 3 is 2.46 bits per heavy atom. The SMILES string of the molecule is C/C(=C/C(=O)c1cccc(C)c1)NC(Cc1ccc(OCCc2nc(-c3ccccc3)oc2C)cc1)C(=O)O. The molecule has 0 aliphatic carbocycles. The monoisotopic (exact) mass is 524 g/mol. The maximum Gasteiger partial charge on any atom is 0.326 e. The highest BCUT2D eigenvalue weighted by Gasteiger charge is 2.18. The van der Waals surface area contributed by atoms with E-state index >= 15 is 0 Å². The lowest BCUT2D eigenvalue weighted by Gasteiger charge is -2.16. The molecule has 1 atom stereocenters. The Labute approximate surface area is 228 Å². The zero-order valence-electron chi connectivity index (χ0n) is 22.3. The third kappa shape index (κ3) is 7.68. The number of hydrogen-bond acceptors (Lipinski definition) is 6. The number of carbonyl (C=O) groups excluding carboxylic acids is 1. The smallest absolute Gasteiger partial charge is 0.326 e. The second-order valence-electron chi connectivity index (χ2n) is 9.43. The fraction of sp³-hybridized carbons (Fsp3) is 0.219. The van der Waals surface area contributed by atoms with Crippen LogP contribution in [0, 0.1) is 13.8 Å². The predicted octanol–water partition coefficient (Wildman–Crippen LogP) is 5.95. The molecule has 1 heterocycles. The van der Waals surface area contributed by atoms with Crippen molar-refractivity contribution in [2.45, 2.75) is 39.7 Å². The first-order chi connectivity index (χ1) is 18.8. The molecular formula is C32H32N2O5. The summed E-state index contributed by atoms with van der Waals surface area (Å²) >= 11 is 0. The van der Waals surface area contributed by atoms with Crippen molar-refractivity contribution in [2.75, 3.05) is 6.61 Å². The summed E-state index contributed by atoms with van der Waals surface area (Å²) in [5.74, 6) is 0.877. The molecule has 0 bridgehead atoms. The van der Waals surface area contributed by atoms with E-state index in [4.69, 9.17) is 9.15 Å². The molecule has 2 N–H and O–H groups in total. The van der Waals surface area contributed by atoms with Gasteiger partial charge < -0.3 is 19.6 Å². The molecule has 0 aliphatic heterocycles. The maximum absolute atomic E-state index is 12.5. The van der Waals surface area contributed by atoms with Crippen molar-refractivity contribution in [3.63, 3.8) is 0 Å². The standard InChI is InChI=1S/C32H32N2O5/c1-21-8-7-11-26(18-21)30(35)19-22(2)33-29(32(36)37)20-24-12-14-27(15-13-24)38-17-16-28-23(3)39-31(34-28)25-9-5-4-6-10-25/h4-15,18-19,29,33H,16-17,20H2,1-3H3,(H,36,37)/b22-19-. The van der Waals surface area contributed by atoms with Crippen LogP contribution in [0.1, 0.15) is 39.9 Å². The molecule has 0 fully saturated rings. The van der Waals surface area contributed by atoms with Crippen molar-refractivity contribution >= 4 is 11.8 Å². The minimum atomic E-state index is -0.996. The van der Waals surface area contributed by atoms with E-state index in [1.807, 2.05) is 80.6 Å². The van der Waals surface area contributed by atoms with Crippen LogP contribution >= 0.6 is 0 Å². The minimum Gasteiger partial charge on any atom is -0.493 e. The Balaban J connectivity index is 1.30. The lowest BCUT2D eigenvalue weighted by molar-refractivity contribution is -0.139. The van der Waals surface area contributed by atoms with Gasteiger partial charge in [-0.1, -0.05) is 54.1 Å². The molecule has 200 valence electrons. The van der Waals surface area contributed by atoms with E-state index in [1.54, 1.807) is 19.1 Å². The molecule has 39 heavy (non-hydrogen) atoms. The Kier molecular flexibility index (Phi) is 8.94. The van der Waals surface area contributed by atoms with Crippen molar-refractivity contribution < 1.29 is 23.8 Å².